The van der Waals surface area contributed by atoms with Gasteiger partial charge in [0, 0.05) is 32.4 Å². The molecule has 1 heterocycles. The third kappa shape index (κ3) is 4.95. The molecular formula is C13H19N3O2. The predicted octanol–water partition coefficient (Wildman–Crippen LogP) is 0.956. The molecule has 0 fully saturated rings. The molecule has 0 spiro atoms. The number of nitrogens with one attached hydrogen (secondary N) is 1. The molecular weight excluding hydrogens is 230 g/mol. The first-order valence-electron chi connectivity index (χ1n) is 6.03. The normalized spacial score (nSPS) is 9.89. The Balaban J connectivity index is 2.35. The first-order valence-corrected chi connectivity index (χ1v) is 6.03. The van der Waals surface area contributed by atoms with Gasteiger partial charge >= 0.3 is 0 Å². The molecule has 0 saturated carbocycles. The Morgan fingerprint density at radius 3 is 2.83 bits per heavy atom. The molecule has 0 aromatic carbocycles. The van der Waals surface area contributed by atoms with E-state index in [4.69, 9.17) is 0 Å². The van der Waals surface area contributed by atoms with Crippen LogP contribution in [0.3, 0.4) is 0 Å². The zero-order valence-corrected chi connectivity index (χ0v) is 10.8. The molecule has 18 heavy (non-hydrogen) atoms. The van der Waals surface area contributed by atoms with Gasteiger partial charge in [0.1, 0.15) is 0 Å². The van der Waals surface area contributed by atoms with Crippen LogP contribution in [0.25, 0.3) is 0 Å². The van der Waals surface area contributed by atoms with Crippen LogP contribution in [0.4, 0.5) is 0 Å². The number of nitrogens with zero attached hydrogens (tertiary/aromatic N) is 2. The van der Waals surface area contributed by atoms with Crippen LogP contribution in [0.5, 0.6) is 0 Å². The van der Waals surface area contributed by atoms with Crippen molar-refractivity contribution in [3.8, 4) is 0 Å². The van der Waals surface area contributed by atoms with Crippen LogP contribution in [0.1, 0.15) is 25.3 Å². The molecule has 0 aliphatic heterocycles. The van der Waals surface area contributed by atoms with Crippen molar-refractivity contribution in [1.29, 1.82) is 0 Å². The number of hydrogen-bond acceptors (Lipinski definition) is 3. The number of likely N-dealkylation sites (N-methyl/N-ethyl adjacent to an activating group) is 1. The van der Waals surface area contributed by atoms with Crippen molar-refractivity contribution in [2.45, 2.75) is 26.3 Å². The second-order valence-electron chi connectivity index (χ2n) is 4.14. The van der Waals surface area contributed by atoms with E-state index in [1.807, 2.05) is 19.1 Å². The van der Waals surface area contributed by atoms with Gasteiger partial charge in [0.15, 0.2) is 0 Å². The number of carbonyl (C=O) groups excluding carboxylic acids is 2. The van der Waals surface area contributed by atoms with Crippen molar-refractivity contribution < 1.29 is 9.59 Å². The molecule has 1 aromatic rings. The average Bonchev–Trinajstić information content (AvgIpc) is 2.37. The average molecular weight is 249 g/mol. The topological polar surface area (TPSA) is 62.3 Å². The number of rotatable bonds is 6. The highest BCUT2D eigenvalue weighted by Gasteiger charge is 2.10. The van der Waals surface area contributed by atoms with E-state index in [0.717, 1.165) is 12.0 Å². The fraction of sp³-hybridized carbons (Fsp3) is 0.462. The van der Waals surface area contributed by atoms with Gasteiger partial charge in [-0.15, -0.1) is 0 Å². The zero-order chi connectivity index (χ0) is 13.4. The lowest BCUT2D eigenvalue weighted by Gasteiger charge is -2.17. The van der Waals surface area contributed by atoms with Crippen molar-refractivity contribution in [3.63, 3.8) is 0 Å². The Labute approximate surface area is 107 Å². The van der Waals surface area contributed by atoms with E-state index < -0.39 is 0 Å². The first kappa shape index (κ1) is 14.2. The van der Waals surface area contributed by atoms with Crippen LogP contribution in [0.2, 0.25) is 0 Å². The molecule has 0 atom stereocenters. The highest BCUT2D eigenvalue weighted by Crippen LogP contribution is 2.00. The smallest absolute Gasteiger partial charge is 0.242 e. The maximum atomic E-state index is 11.7. The largest absolute Gasteiger partial charge is 0.347 e. The summed E-state index contributed by atoms with van der Waals surface area (Å²) in [6, 6.07) is 3.74. The minimum absolute atomic E-state index is 0.0512. The zero-order valence-electron chi connectivity index (χ0n) is 10.8. The molecule has 1 N–H and O–H groups in total. The van der Waals surface area contributed by atoms with Crippen molar-refractivity contribution in [2.24, 2.45) is 0 Å². The standard InChI is InChI=1S/C13H19N3O2/c1-3-5-12(17)15-9-13(18)16(2)10-11-6-4-7-14-8-11/h4,6-8H,3,5,9-10H2,1-2H3,(H,15,17). The Kier molecular flexibility index (Phi) is 5.84. The Bertz CT molecular complexity index is 392. The van der Waals surface area contributed by atoms with Crippen LogP contribution >= 0.6 is 0 Å². The van der Waals surface area contributed by atoms with E-state index in [2.05, 4.69) is 10.3 Å². The van der Waals surface area contributed by atoms with Crippen LogP contribution in [-0.4, -0.2) is 35.3 Å². The van der Waals surface area contributed by atoms with E-state index in [9.17, 15) is 9.59 Å². The molecule has 0 aliphatic carbocycles. The number of aromatic nitrogens is 1. The lowest BCUT2D eigenvalue weighted by molar-refractivity contribution is -0.132. The maximum Gasteiger partial charge on any atom is 0.242 e. The first-order chi connectivity index (χ1) is 8.63. The van der Waals surface area contributed by atoms with Crippen molar-refractivity contribution in [2.75, 3.05) is 13.6 Å². The van der Waals surface area contributed by atoms with Crippen molar-refractivity contribution in [3.05, 3.63) is 30.1 Å². The van der Waals surface area contributed by atoms with Gasteiger partial charge in [0.2, 0.25) is 11.8 Å². The fourth-order valence-electron chi connectivity index (χ4n) is 1.48. The highest BCUT2D eigenvalue weighted by atomic mass is 16.2. The summed E-state index contributed by atoms with van der Waals surface area (Å²) in [5.74, 6) is -0.191. The van der Waals surface area contributed by atoms with Crippen LogP contribution < -0.4 is 5.32 Å². The summed E-state index contributed by atoms with van der Waals surface area (Å²) in [5.41, 5.74) is 0.966. The van der Waals surface area contributed by atoms with Gasteiger partial charge in [-0.2, -0.15) is 0 Å². The van der Waals surface area contributed by atoms with Gasteiger partial charge in [0.05, 0.1) is 6.54 Å². The van der Waals surface area contributed by atoms with Gasteiger partial charge in [-0.3, -0.25) is 14.6 Å². The Morgan fingerprint density at radius 1 is 1.44 bits per heavy atom. The number of pyridine rings is 1. The maximum absolute atomic E-state index is 11.7. The molecule has 0 saturated heterocycles. The molecule has 0 bridgehead atoms. The van der Waals surface area contributed by atoms with Gasteiger partial charge < -0.3 is 10.2 Å². The molecule has 2 amide bonds. The molecule has 0 unspecified atom stereocenters. The van der Waals surface area contributed by atoms with Crippen molar-refractivity contribution in [1.82, 2.24) is 15.2 Å². The van der Waals surface area contributed by atoms with Crippen molar-refractivity contribution >= 4 is 11.8 Å². The Morgan fingerprint density at radius 2 is 2.22 bits per heavy atom. The highest BCUT2D eigenvalue weighted by molar-refractivity contribution is 5.84. The molecule has 1 aromatic heterocycles. The molecule has 5 nitrogen and oxygen atoms in total. The fourth-order valence-corrected chi connectivity index (χ4v) is 1.48. The second-order valence-corrected chi connectivity index (χ2v) is 4.14. The van der Waals surface area contributed by atoms with Crippen LogP contribution in [-0.2, 0) is 16.1 Å². The monoisotopic (exact) mass is 249 g/mol. The number of carbonyl (C=O) groups is 2. The third-order valence-corrected chi connectivity index (χ3v) is 2.48. The summed E-state index contributed by atoms with van der Waals surface area (Å²) in [6.45, 7) is 2.47. The quantitative estimate of drug-likeness (QED) is 0.816. The summed E-state index contributed by atoms with van der Waals surface area (Å²) >= 11 is 0. The van der Waals surface area contributed by atoms with Crippen LogP contribution in [0.15, 0.2) is 24.5 Å². The van der Waals surface area contributed by atoms with Gasteiger partial charge in [-0.25, -0.2) is 0 Å². The van der Waals surface area contributed by atoms with Gasteiger partial charge in [-0.1, -0.05) is 13.0 Å². The van der Waals surface area contributed by atoms with E-state index in [1.54, 1.807) is 24.3 Å². The van der Waals surface area contributed by atoms with Gasteiger partial charge in [0.25, 0.3) is 0 Å². The molecule has 0 aliphatic rings. The van der Waals surface area contributed by atoms with E-state index >= 15 is 0 Å². The minimum Gasteiger partial charge on any atom is -0.347 e. The second kappa shape index (κ2) is 7.42. The van der Waals surface area contributed by atoms with Gasteiger partial charge in [-0.05, 0) is 18.1 Å². The summed E-state index contributed by atoms with van der Waals surface area (Å²) in [7, 11) is 1.71. The predicted molar refractivity (Wildman–Crippen MR) is 68.6 cm³/mol. The van der Waals surface area contributed by atoms with E-state index in [-0.39, 0.29) is 18.4 Å². The molecule has 1 rings (SSSR count). The summed E-state index contributed by atoms with van der Waals surface area (Å²) in [6.07, 6.45) is 4.65. The minimum atomic E-state index is -0.108. The van der Waals surface area contributed by atoms with E-state index in [1.165, 1.54) is 0 Å². The van der Waals surface area contributed by atoms with E-state index in [0.29, 0.717) is 13.0 Å². The molecule has 5 heteroatoms. The van der Waals surface area contributed by atoms with Crippen LogP contribution in [0, 0.1) is 0 Å². The SMILES string of the molecule is CCCC(=O)NCC(=O)N(C)Cc1cccnc1. The summed E-state index contributed by atoms with van der Waals surface area (Å²) < 4.78 is 0. The lowest BCUT2D eigenvalue weighted by atomic mass is 10.2. The number of hydrogen-bond donors (Lipinski definition) is 1. The lowest BCUT2D eigenvalue weighted by Crippen LogP contribution is -2.37. The number of amides is 2. The summed E-state index contributed by atoms with van der Waals surface area (Å²) in [4.78, 5) is 28.5. The third-order valence-electron chi connectivity index (χ3n) is 2.48. The molecule has 0 radical (unpaired) electrons. The summed E-state index contributed by atoms with van der Waals surface area (Å²) in [5, 5.41) is 2.60. The Hall–Kier alpha value is -1.91. The molecule has 98 valence electrons.